The van der Waals surface area contributed by atoms with Crippen molar-refractivity contribution in [2.75, 3.05) is 14.3 Å². The van der Waals surface area contributed by atoms with Crippen LogP contribution in [-0.4, -0.2) is 77.7 Å². The van der Waals surface area contributed by atoms with Crippen molar-refractivity contribution in [2.45, 2.75) is 37.9 Å². The van der Waals surface area contributed by atoms with Crippen LogP contribution in [0.3, 0.4) is 0 Å². The molecule has 2 N–H and O–H groups in total. The van der Waals surface area contributed by atoms with Crippen molar-refractivity contribution >= 4 is 55.6 Å². The van der Waals surface area contributed by atoms with Crippen molar-refractivity contribution < 1.29 is 70.4 Å². The standard InChI is InChI=1S/C22H19N3O3.C17H12FN3.C6H10O3.CH3F.Na.H/c1-25-19-6-7-23-12-18(19)17-4-2-13(10-20(17)25)14-3-5-21(24-11-14)28-16-8-15(9-16)22(26)27;1-21-15-6-7-19-10-14(15)13-4-2-11(8-16(13)21)12-3-5-17(18)20-9-12;1-9-6(8)4-2-5(7)3-4;1-2;;/h2-7,10-12,15-16H,8-9H2,1H3,(H,26,27);2-10H,1H3;4-5,7H,2-3H2,1H3;1H3;;/q;;;;+1;-1/i;;;1D;;. The molecule has 2 aromatic carbocycles. The summed E-state index contributed by atoms with van der Waals surface area (Å²) < 4.78 is 43.0. The Morgan fingerprint density at radius 2 is 1.23 bits per heavy atom. The molecule has 0 amide bonds. The van der Waals surface area contributed by atoms with E-state index in [2.05, 4.69) is 71.2 Å². The molecular weight excluding hydrogens is 794 g/mol. The van der Waals surface area contributed by atoms with E-state index in [1.54, 1.807) is 24.7 Å². The molecule has 6 aromatic heterocycles. The number of fused-ring (bicyclic) bond motifs is 6. The average molecular weight is 840 g/mol. The van der Waals surface area contributed by atoms with Gasteiger partial charge in [0.05, 0.1) is 44.6 Å². The van der Waals surface area contributed by atoms with Crippen LogP contribution in [0.25, 0.3) is 65.9 Å². The predicted molar refractivity (Wildman–Crippen MR) is 227 cm³/mol. The van der Waals surface area contributed by atoms with Crippen molar-refractivity contribution in [3.63, 3.8) is 0 Å². The first kappa shape index (κ1) is 43.3. The summed E-state index contributed by atoms with van der Waals surface area (Å²) in [6, 6.07) is 23.6. The first-order valence-corrected chi connectivity index (χ1v) is 19.2. The number of aliphatic hydroxyl groups is 1. The summed E-state index contributed by atoms with van der Waals surface area (Å²) in [5.74, 6) is -1.19. The van der Waals surface area contributed by atoms with Crippen LogP contribution in [0.15, 0.2) is 110 Å². The Morgan fingerprint density at radius 1 is 0.721 bits per heavy atom. The normalized spacial score (nSPS) is 17.8. The van der Waals surface area contributed by atoms with Gasteiger partial charge in [-0.1, -0.05) is 24.3 Å². The Bertz CT molecular complexity index is 2820. The van der Waals surface area contributed by atoms with Crippen LogP contribution < -0.4 is 34.3 Å². The number of rotatable bonds is 6. The number of methoxy groups -OCH3 is 1. The van der Waals surface area contributed by atoms with Crippen molar-refractivity contribution in [3.8, 4) is 28.1 Å². The second kappa shape index (κ2) is 19.7. The van der Waals surface area contributed by atoms with Gasteiger partial charge in [-0.2, -0.15) is 4.39 Å². The fraction of sp³-hybridized carbons (Fsp3) is 0.261. The summed E-state index contributed by atoms with van der Waals surface area (Å²) in [6.07, 6.45) is 12.7. The SMILES string of the molecule is COC(=O)C1CC(O)C1.Cn1c2ccncc2c2ccc(-c3ccc(F)nc3)cc21.Cn1c2ccncc2c2ccc(-c3ccc(OC4CC(C(=O)O)C4)nc3)cc21.[2H]CF.[H-].[Na+]. The number of ether oxygens (including phenoxy) is 2. The Hall–Kier alpha value is -5.80. The molecule has 0 atom stereocenters. The Morgan fingerprint density at radius 3 is 1.67 bits per heavy atom. The first-order valence-electron chi connectivity index (χ1n) is 19.9. The van der Waals surface area contributed by atoms with Crippen LogP contribution >= 0.6 is 0 Å². The van der Waals surface area contributed by atoms with E-state index in [-0.39, 0.29) is 61.0 Å². The van der Waals surface area contributed by atoms with E-state index in [4.69, 9.17) is 16.3 Å². The number of aliphatic carboxylic acids is 1. The molecule has 10 rings (SSSR count). The van der Waals surface area contributed by atoms with E-state index < -0.39 is 19.1 Å². The quantitative estimate of drug-likeness (QED) is 0.123. The minimum absolute atomic E-state index is 0. The van der Waals surface area contributed by atoms with Gasteiger partial charge in [-0.05, 0) is 79.3 Å². The summed E-state index contributed by atoms with van der Waals surface area (Å²) in [5.41, 5.74) is 8.60. The van der Waals surface area contributed by atoms with Gasteiger partial charge in [0.1, 0.15) is 6.10 Å². The molecule has 61 heavy (non-hydrogen) atoms. The molecule has 0 spiro atoms. The number of aryl methyl sites for hydroxylation is 2. The van der Waals surface area contributed by atoms with E-state index in [1.807, 2.05) is 56.0 Å². The zero-order chi connectivity index (χ0) is 43.2. The number of carboxylic acids is 1. The monoisotopic (exact) mass is 839 g/mol. The number of carbonyl (C=O) groups excluding carboxylic acids is 1. The van der Waals surface area contributed by atoms with Crippen molar-refractivity contribution in [1.82, 2.24) is 29.1 Å². The molecule has 12 nitrogen and oxygen atoms in total. The third-order valence-corrected chi connectivity index (χ3v) is 11.1. The molecule has 15 heteroatoms. The minimum atomic E-state index is -1.00. The number of aliphatic hydroxyl groups excluding tert-OH is 1. The maximum absolute atomic E-state index is 12.9. The second-order valence-electron chi connectivity index (χ2n) is 14.7. The third-order valence-electron chi connectivity index (χ3n) is 11.1. The van der Waals surface area contributed by atoms with Crippen LogP contribution in [0.1, 0.15) is 28.5 Å². The number of hydrogen-bond donors (Lipinski definition) is 2. The fourth-order valence-electron chi connectivity index (χ4n) is 7.62. The summed E-state index contributed by atoms with van der Waals surface area (Å²) >= 11 is 0. The number of pyridine rings is 4. The molecule has 0 saturated heterocycles. The Balaban J connectivity index is 0.000000188. The van der Waals surface area contributed by atoms with Gasteiger partial charge in [0, 0.05) is 101 Å². The molecule has 0 bridgehead atoms. The summed E-state index contributed by atoms with van der Waals surface area (Å²) in [4.78, 5) is 38.1. The number of nitrogens with zero attached hydrogens (tertiary/aromatic N) is 6. The maximum atomic E-state index is 12.9. The van der Waals surface area contributed by atoms with E-state index in [0.717, 1.165) is 55.1 Å². The van der Waals surface area contributed by atoms with Crippen LogP contribution in [-0.2, 0) is 28.4 Å². The molecule has 0 unspecified atom stereocenters. The summed E-state index contributed by atoms with van der Waals surface area (Å²) in [7, 11) is 4.47. The number of benzene rings is 2. The summed E-state index contributed by atoms with van der Waals surface area (Å²) in [5, 5.41) is 22.3. The molecular formula is C46H45F2N6NaO6. The number of alkyl halides is 1. The van der Waals surface area contributed by atoms with Gasteiger partial charge in [0.15, 0.2) is 0 Å². The zero-order valence-electron chi connectivity index (χ0n) is 36.2. The predicted octanol–water partition coefficient (Wildman–Crippen LogP) is 5.59. The van der Waals surface area contributed by atoms with E-state index >= 15 is 0 Å². The molecule has 0 aliphatic heterocycles. The molecule has 2 saturated carbocycles. The maximum Gasteiger partial charge on any atom is 1.00 e. The Labute approximate surface area is 375 Å². The van der Waals surface area contributed by atoms with Gasteiger partial charge in [0.2, 0.25) is 11.8 Å². The van der Waals surface area contributed by atoms with Crippen LogP contribution in [0.5, 0.6) is 5.88 Å². The molecule has 6 heterocycles. The van der Waals surface area contributed by atoms with Crippen LogP contribution in [0, 0.1) is 17.8 Å². The van der Waals surface area contributed by atoms with Gasteiger partial charge in [-0.15, -0.1) is 0 Å². The zero-order valence-corrected chi connectivity index (χ0v) is 36.2. The number of esters is 1. The van der Waals surface area contributed by atoms with E-state index in [9.17, 15) is 18.4 Å². The fourth-order valence-corrected chi connectivity index (χ4v) is 7.62. The molecule has 2 aliphatic carbocycles. The van der Waals surface area contributed by atoms with E-state index in [1.165, 1.54) is 23.9 Å². The number of hydrogen-bond acceptors (Lipinski definition) is 9. The molecule has 8 aromatic rings. The third kappa shape index (κ3) is 9.57. The molecule has 0 radical (unpaired) electrons. The van der Waals surface area contributed by atoms with Crippen molar-refractivity contribution in [1.29, 1.82) is 0 Å². The number of aromatic nitrogens is 6. The van der Waals surface area contributed by atoms with Gasteiger partial charge in [-0.3, -0.25) is 23.9 Å². The van der Waals surface area contributed by atoms with Crippen molar-refractivity contribution in [2.24, 2.45) is 25.9 Å². The van der Waals surface area contributed by atoms with Gasteiger partial charge in [-0.25, -0.2) is 9.97 Å². The molecule has 2 fully saturated rings. The number of halogens is 2. The van der Waals surface area contributed by atoms with Gasteiger partial charge < -0.3 is 30.2 Å². The number of carboxylic acid groups (broad SMARTS) is 1. The molecule has 310 valence electrons. The molecule has 2 aliphatic rings. The summed E-state index contributed by atoms with van der Waals surface area (Å²) in [6.45, 7) is 0. The van der Waals surface area contributed by atoms with E-state index in [0.29, 0.717) is 31.6 Å². The Kier molecular flexibility index (Phi) is 14.0. The smallest absolute Gasteiger partial charge is 1.00 e. The minimum Gasteiger partial charge on any atom is -1.00 e. The first-order chi connectivity index (χ1) is 29.5. The second-order valence-corrected chi connectivity index (χ2v) is 14.7. The van der Waals surface area contributed by atoms with Gasteiger partial charge >= 0.3 is 41.5 Å². The van der Waals surface area contributed by atoms with Gasteiger partial charge in [0.25, 0.3) is 0 Å². The number of carbonyl (C=O) groups is 2. The largest absolute Gasteiger partial charge is 1.00 e. The van der Waals surface area contributed by atoms with Crippen LogP contribution in [0.2, 0.25) is 0 Å². The average Bonchev–Trinajstić information content (AvgIpc) is 3.70. The van der Waals surface area contributed by atoms with Crippen LogP contribution in [0.4, 0.5) is 8.78 Å². The van der Waals surface area contributed by atoms with Crippen molar-refractivity contribution in [3.05, 3.63) is 116 Å². The topological polar surface area (TPSA) is 154 Å².